The van der Waals surface area contributed by atoms with Crippen LogP contribution in [0.5, 0.6) is 0 Å². The first-order valence-corrected chi connectivity index (χ1v) is 12.3. The van der Waals surface area contributed by atoms with E-state index >= 15 is 4.39 Å². The third-order valence-electron chi connectivity index (χ3n) is 6.45. The second-order valence-corrected chi connectivity index (χ2v) is 9.39. The molecule has 0 aliphatic heterocycles. The van der Waals surface area contributed by atoms with Crippen LogP contribution in [0.3, 0.4) is 0 Å². The van der Waals surface area contributed by atoms with Crippen molar-refractivity contribution >= 4 is 22.4 Å². The van der Waals surface area contributed by atoms with Crippen LogP contribution in [0.25, 0.3) is 10.8 Å². The van der Waals surface area contributed by atoms with Crippen LogP contribution >= 0.6 is 11.6 Å². The Bertz CT molecular complexity index is 1320. The summed E-state index contributed by atoms with van der Waals surface area (Å²) in [5, 5.41) is 1.29. The Kier molecular flexibility index (Phi) is 8.12. The van der Waals surface area contributed by atoms with Gasteiger partial charge >= 0.3 is 0 Å². The second kappa shape index (κ2) is 11.3. The number of benzene rings is 4. The fourth-order valence-corrected chi connectivity index (χ4v) is 4.52. The molecule has 0 heterocycles. The Morgan fingerprint density at radius 2 is 1.29 bits per heavy atom. The molecule has 4 aromatic rings. The third kappa shape index (κ3) is 6.05. The van der Waals surface area contributed by atoms with E-state index in [1.54, 1.807) is 24.3 Å². The number of fused-ring (bicyclic) bond motifs is 1. The van der Waals surface area contributed by atoms with Gasteiger partial charge in [-0.25, -0.2) is 17.6 Å². The molecule has 0 aliphatic rings. The molecular formula is C30H27ClF4. The Morgan fingerprint density at radius 3 is 2.00 bits per heavy atom. The van der Waals surface area contributed by atoms with Gasteiger partial charge in [-0.15, -0.1) is 0 Å². The average Bonchev–Trinajstić information content (AvgIpc) is 2.84. The Balaban J connectivity index is 1.46. The van der Waals surface area contributed by atoms with Crippen LogP contribution in [-0.4, -0.2) is 0 Å². The van der Waals surface area contributed by atoms with E-state index in [1.165, 1.54) is 24.3 Å². The fourth-order valence-electron chi connectivity index (χ4n) is 4.40. The van der Waals surface area contributed by atoms with E-state index < -0.39 is 17.5 Å². The first-order valence-electron chi connectivity index (χ1n) is 12.0. The topological polar surface area (TPSA) is 0 Å². The van der Waals surface area contributed by atoms with E-state index in [9.17, 15) is 13.2 Å². The zero-order chi connectivity index (χ0) is 24.9. The molecular weight excluding hydrogens is 472 g/mol. The quantitative estimate of drug-likeness (QED) is 0.202. The van der Waals surface area contributed by atoms with Crippen LogP contribution in [-0.2, 0) is 32.1 Å². The van der Waals surface area contributed by atoms with Crippen molar-refractivity contribution in [3.8, 4) is 0 Å². The number of unbranched alkanes of at least 4 members (excludes halogenated alkanes) is 1. The molecule has 0 aliphatic carbocycles. The summed E-state index contributed by atoms with van der Waals surface area (Å²) < 4.78 is 57.8. The Morgan fingerprint density at radius 1 is 0.629 bits per heavy atom. The number of aryl methyl sites for hydroxylation is 4. The van der Waals surface area contributed by atoms with Crippen molar-refractivity contribution in [1.29, 1.82) is 0 Å². The molecule has 0 amide bonds. The molecule has 5 heteroatoms. The lowest BCUT2D eigenvalue weighted by Gasteiger charge is -2.11. The van der Waals surface area contributed by atoms with Gasteiger partial charge in [-0.2, -0.15) is 0 Å². The number of hydrogen-bond donors (Lipinski definition) is 0. The van der Waals surface area contributed by atoms with Crippen molar-refractivity contribution in [2.24, 2.45) is 0 Å². The predicted molar refractivity (Wildman–Crippen MR) is 135 cm³/mol. The SMILES string of the molecule is CCCCc1cc(F)c(CCc2ccc3c(F)c(CCc4ccc(Cl)c(F)c4)ccc3c2)c(F)c1. The lowest BCUT2D eigenvalue weighted by atomic mass is 9.96. The van der Waals surface area contributed by atoms with Gasteiger partial charge in [0.1, 0.15) is 23.3 Å². The summed E-state index contributed by atoms with van der Waals surface area (Å²) >= 11 is 5.72. The second-order valence-electron chi connectivity index (χ2n) is 8.98. The van der Waals surface area contributed by atoms with Gasteiger partial charge < -0.3 is 0 Å². The van der Waals surface area contributed by atoms with E-state index in [1.807, 2.05) is 19.1 Å². The molecule has 182 valence electrons. The van der Waals surface area contributed by atoms with Crippen molar-refractivity contribution in [3.05, 3.63) is 117 Å². The van der Waals surface area contributed by atoms with Crippen molar-refractivity contribution in [2.75, 3.05) is 0 Å². The van der Waals surface area contributed by atoms with Crippen molar-refractivity contribution < 1.29 is 17.6 Å². The highest BCUT2D eigenvalue weighted by Crippen LogP contribution is 2.26. The minimum absolute atomic E-state index is 0.0657. The van der Waals surface area contributed by atoms with Crippen LogP contribution in [0.2, 0.25) is 5.02 Å². The summed E-state index contributed by atoms with van der Waals surface area (Å²) in [6, 6.07) is 16.4. The van der Waals surface area contributed by atoms with E-state index in [0.717, 1.165) is 29.4 Å². The van der Waals surface area contributed by atoms with Crippen molar-refractivity contribution in [1.82, 2.24) is 0 Å². The predicted octanol–water partition coefficient (Wildman–Crippen LogP) is 8.96. The van der Waals surface area contributed by atoms with Crippen LogP contribution in [0.1, 0.15) is 47.6 Å². The zero-order valence-electron chi connectivity index (χ0n) is 19.6. The molecule has 0 saturated heterocycles. The smallest absolute Gasteiger partial charge is 0.142 e. The summed E-state index contributed by atoms with van der Waals surface area (Å²) in [4.78, 5) is 0. The van der Waals surface area contributed by atoms with Gasteiger partial charge in [0.05, 0.1) is 5.02 Å². The molecule has 0 radical (unpaired) electrons. The first kappa shape index (κ1) is 25.2. The molecule has 0 unspecified atom stereocenters. The molecule has 0 nitrogen and oxygen atoms in total. The van der Waals surface area contributed by atoms with Crippen LogP contribution in [0.4, 0.5) is 17.6 Å². The van der Waals surface area contributed by atoms with Crippen molar-refractivity contribution in [3.63, 3.8) is 0 Å². The van der Waals surface area contributed by atoms with E-state index in [0.29, 0.717) is 42.2 Å². The molecule has 0 saturated carbocycles. The van der Waals surface area contributed by atoms with Crippen LogP contribution in [0.15, 0.2) is 60.7 Å². The number of rotatable bonds is 9. The van der Waals surface area contributed by atoms with Gasteiger partial charge in [0, 0.05) is 10.9 Å². The molecule has 0 fully saturated rings. The van der Waals surface area contributed by atoms with E-state index in [4.69, 9.17) is 11.6 Å². The maximum Gasteiger partial charge on any atom is 0.142 e. The van der Waals surface area contributed by atoms with E-state index in [2.05, 4.69) is 0 Å². The lowest BCUT2D eigenvalue weighted by molar-refractivity contribution is 0.550. The summed E-state index contributed by atoms with van der Waals surface area (Å²) in [5.41, 5.74) is 2.96. The molecule has 4 rings (SSSR count). The largest absolute Gasteiger partial charge is 0.207 e. The highest BCUT2D eigenvalue weighted by Gasteiger charge is 2.13. The minimum Gasteiger partial charge on any atom is -0.207 e. The molecule has 0 aromatic heterocycles. The third-order valence-corrected chi connectivity index (χ3v) is 6.76. The summed E-state index contributed by atoms with van der Waals surface area (Å²) in [6.07, 6.45) is 4.13. The Labute approximate surface area is 208 Å². The molecule has 4 aromatic carbocycles. The minimum atomic E-state index is -0.506. The number of hydrogen-bond acceptors (Lipinski definition) is 0. The average molecular weight is 499 g/mol. The van der Waals surface area contributed by atoms with Crippen LogP contribution < -0.4 is 0 Å². The molecule has 0 N–H and O–H groups in total. The van der Waals surface area contributed by atoms with Gasteiger partial charge in [-0.05, 0) is 90.4 Å². The maximum atomic E-state index is 15.1. The van der Waals surface area contributed by atoms with Gasteiger partial charge in [0.25, 0.3) is 0 Å². The van der Waals surface area contributed by atoms with Gasteiger partial charge in [-0.1, -0.05) is 61.3 Å². The summed E-state index contributed by atoms with van der Waals surface area (Å²) in [6.45, 7) is 2.04. The van der Waals surface area contributed by atoms with Gasteiger partial charge in [0.2, 0.25) is 0 Å². The normalized spacial score (nSPS) is 11.4. The molecule has 0 spiro atoms. The standard InChI is InChI=1S/C30H27ClF4/c1-2-3-4-21-17-27(32)25(28(33)18-21)13-7-19-6-12-24-23(15-19)11-10-22(30(24)35)9-5-20-8-14-26(31)29(34)16-20/h6,8,10-12,14-18H,2-5,7,9,13H2,1H3. The summed E-state index contributed by atoms with van der Waals surface area (Å²) in [5.74, 6) is -1.80. The highest BCUT2D eigenvalue weighted by atomic mass is 35.5. The maximum absolute atomic E-state index is 15.1. The zero-order valence-corrected chi connectivity index (χ0v) is 20.4. The highest BCUT2D eigenvalue weighted by molar-refractivity contribution is 6.30. The monoisotopic (exact) mass is 498 g/mol. The van der Waals surface area contributed by atoms with E-state index in [-0.39, 0.29) is 22.8 Å². The Hall–Kier alpha value is -2.85. The molecule has 0 bridgehead atoms. The fraction of sp³-hybridized carbons (Fsp3) is 0.267. The van der Waals surface area contributed by atoms with Gasteiger partial charge in [0.15, 0.2) is 0 Å². The van der Waals surface area contributed by atoms with Gasteiger partial charge in [-0.3, -0.25) is 0 Å². The van der Waals surface area contributed by atoms with Crippen molar-refractivity contribution in [2.45, 2.75) is 51.9 Å². The summed E-state index contributed by atoms with van der Waals surface area (Å²) in [7, 11) is 0. The molecule has 0 atom stereocenters. The number of halogens is 5. The lowest BCUT2D eigenvalue weighted by Crippen LogP contribution is -2.01. The van der Waals surface area contributed by atoms with Crippen LogP contribution in [0, 0.1) is 23.3 Å². The molecule has 35 heavy (non-hydrogen) atoms. The first-order chi connectivity index (χ1) is 16.9.